The van der Waals surface area contributed by atoms with Crippen LogP contribution in [0.4, 0.5) is 0 Å². The summed E-state index contributed by atoms with van der Waals surface area (Å²) in [5.74, 6) is 7.27. The lowest BCUT2D eigenvalue weighted by molar-refractivity contribution is 0.0758. The van der Waals surface area contributed by atoms with E-state index in [0.717, 1.165) is 17.9 Å². The van der Waals surface area contributed by atoms with Crippen molar-refractivity contribution in [2.45, 2.75) is 26.7 Å². The van der Waals surface area contributed by atoms with Gasteiger partial charge in [-0.1, -0.05) is 32.1 Å². The number of rotatable bonds is 8. The molecule has 1 aromatic carbocycles. The van der Waals surface area contributed by atoms with Gasteiger partial charge in [-0.05, 0) is 36.6 Å². The van der Waals surface area contributed by atoms with Gasteiger partial charge in [-0.3, -0.25) is 0 Å². The molecule has 0 saturated carbocycles. The molecule has 2 N–H and O–H groups in total. The van der Waals surface area contributed by atoms with Gasteiger partial charge in [0.1, 0.15) is 12.4 Å². The standard InChI is InChI=1S/C17H25NO2/c1-3-5-15(2)14-19-12-13-20-17-9-7-16(8-10-17)6-4-11-18/h7-10,15H,3,5,11-14,18H2,1-2H3. The lowest BCUT2D eigenvalue weighted by Crippen LogP contribution is -2.11. The van der Waals surface area contributed by atoms with Crippen molar-refractivity contribution in [3.05, 3.63) is 29.8 Å². The second kappa shape index (κ2) is 10.3. The van der Waals surface area contributed by atoms with E-state index in [1.807, 2.05) is 24.3 Å². The topological polar surface area (TPSA) is 44.5 Å². The second-order valence-corrected chi connectivity index (χ2v) is 4.85. The third-order valence-electron chi connectivity index (χ3n) is 2.87. The van der Waals surface area contributed by atoms with Crippen LogP contribution >= 0.6 is 0 Å². The van der Waals surface area contributed by atoms with Crippen LogP contribution in [0.5, 0.6) is 5.75 Å². The van der Waals surface area contributed by atoms with Crippen molar-refractivity contribution in [2.24, 2.45) is 11.7 Å². The summed E-state index contributed by atoms with van der Waals surface area (Å²) in [4.78, 5) is 0. The average Bonchev–Trinajstić information content (AvgIpc) is 2.46. The van der Waals surface area contributed by atoms with Gasteiger partial charge in [0.15, 0.2) is 0 Å². The molecule has 1 atom stereocenters. The van der Waals surface area contributed by atoms with Crippen molar-refractivity contribution < 1.29 is 9.47 Å². The summed E-state index contributed by atoms with van der Waals surface area (Å²) < 4.78 is 11.2. The molecular weight excluding hydrogens is 250 g/mol. The van der Waals surface area contributed by atoms with Gasteiger partial charge in [0.2, 0.25) is 0 Å². The monoisotopic (exact) mass is 275 g/mol. The van der Waals surface area contributed by atoms with Gasteiger partial charge in [-0.2, -0.15) is 0 Å². The molecule has 0 aliphatic heterocycles. The fourth-order valence-electron chi connectivity index (χ4n) is 1.87. The third kappa shape index (κ3) is 7.18. The molecule has 0 radical (unpaired) electrons. The molecule has 0 aliphatic carbocycles. The molecular formula is C17H25NO2. The van der Waals surface area contributed by atoms with Crippen molar-refractivity contribution in [1.82, 2.24) is 0 Å². The Balaban J connectivity index is 2.19. The van der Waals surface area contributed by atoms with Crippen LogP contribution in [0.2, 0.25) is 0 Å². The van der Waals surface area contributed by atoms with Crippen molar-refractivity contribution in [1.29, 1.82) is 0 Å². The van der Waals surface area contributed by atoms with Crippen molar-refractivity contribution in [3.8, 4) is 17.6 Å². The number of nitrogens with two attached hydrogens (primary N) is 1. The minimum absolute atomic E-state index is 0.381. The Hall–Kier alpha value is -1.50. The smallest absolute Gasteiger partial charge is 0.119 e. The molecule has 1 aromatic rings. The SMILES string of the molecule is CCCC(C)COCCOc1ccc(C#CCN)cc1. The van der Waals surface area contributed by atoms with Gasteiger partial charge >= 0.3 is 0 Å². The second-order valence-electron chi connectivity index (χ2n) is 4.85. The number of hydrogen-bond donors (Lipinski definition) is 1. The quantitative estimate of drug-likeness (QED) is 0.586. The van der Waals surface area contributed by atoms with Crippen LogP contribution in [0.15, 0.2) is 24.3 Å². The van der Waals surface area contributed by atoms with Gasteiger partial charge in [0.25, 0.3) is 0 Å². The van der Waals surface area contributed by atoms with Gasteiger partial charge < -0.3 is 15.2 Å². The molecule has 3 heteroatoms. The van der Waals surface area contributed by atoms with Gasteiger partial charge in [-0.25, -0.2) is 0 Å². The summed E-state index contributed by atoms with van der Waals surface area (Å²) in [5.41, 5.74) is 6.28. The maximum absolute atomic E-state index is 5.61. The van der Waals surface area contributed by atoms with E-state index in [2.05, 4.69) is 25.7 Å². The maximum atomic E-state index is 5.61. The molecule has 110 valence electrons. The molecule has 1 rings (SSSR count). The van der Waals surface area contributed by atoms with Crippen LogP contribution in [0.1, 0.15) is 32.3 Å². The van der Waals surface area contributed by atoms with Crippen LogP contribution in [-0.2, 0) is 4.74 Å². The fourth-order valence-corrected chi connectivity index (χ4v) is 1.87. The summed E-state index contributed by atoms with van der Waals surface area (Å²) in [6.07, 6.45) is 2.42. The van der Waals surface area contributed by atoms with Crippen molar-refractivity contribution >= 4 is 0 Å². The van der Waals surface area contributed by atoms with E-state index in [1.165, 1.54) is 12.8 Å². The Kier molecular flexibility index (Phi) is 8.53. The molecule has 20 heavy (non-hydrogen) atoms. The van der Waals surface area contributed by atoms with Crippen LogP contribution in [0, 0.1) is 17.8 Å². The Bertz CT molecular complexity index is 417. The zero-order valence-electron chi connectivity index (χ0n) is 12.5. The molecule has 0 fully saturated rings. The zero-order valence-corrected chi connectivity index (χ0v) is 12.5. The highest BCUT2D eigenvalue weighted by Gasteiger charge is 2.00. The zero-order chi connectivity index (χ0) is 14.6. The first kappa shape index (κ1) is 16.6. The largest absolute Gasteiger partial charge is 0.491 e. The van der Waals surface area contributed by atoms with Crippen LogP contribution in [0.25, 0.3) is 0 Å². The Morgan fingerprint density at radius 1 is 1.20 bits per heavy atom. The highest BCUT2D eigenvalue weighted by Crippen LogP contribution is 2.11. The predicted molar refractivity (Wildman–Crippen MR) is 82.8 cm³/mol. The lowest BCUT2D eigenvalue weighted by atomic mass is 10.1. The third-order valence-corrected chi connectivity index (χ3v) is 2.87. The fraction of sp³-hybridized carbons (Fsp3) is 0.529. The minimum atomic E-state index is 0.381. The molecule has 1 unspecified atom stereocenters. The predicted octanol–water partition coefficient (Wildman–Crippen LogP) is 2.83. The number of benzene rings is 1. The molecule has 0 heterocycles. The van der Waals surface area contributed by atoms with E-state index < -0.39 is 0 Å². The minimum Gasteiger partial charge on any atom is -0.491 e. The molecule has 0 spiro atoms. The van der Waals surface area contributed by atoms with E-state index in [4.69, 9.17) is 15.2 Å². The first-order chi connectivity index (χ1) is 9.76. The number of hydrogen-bond acceptors (Lipinski definition) is 3. The Morgan fingerprint density at radius 2 is 1.95 bits per heavy atom. The van der Waals surface area contributed by atoms with E-state index >= 15 is 0 Å². The van der Waals surface area contributed by atoms with E-state index in [-0.39, 0.29) is 0 Å². The number of ether oxygens (including phenoxy) is 2. The molecule has 0 aromatic heterocycles. The van der Waals surface area contributed by atoms with Crippen LogP contribution in [-0.4, -0.2) is 26.4 Å². The molecule has 3 nitrogen and oxygen atoms in total. The van der Waals surface area contributed by atoms with Gasteiger partial charge in [0, 0.05) is 12.2 Å². The first-order valence-corrected chi connectivity index (χ1v) is 7.25. The van der Waals surface area contributed by atoms with E-state index in [9.17, 15) is 0 Å². The maximum Gasteiger partial charge on any atom is 0.119 e. The Labute approximate surface area is 122 Å². The summed E-state index contributed by atoms with van der Waals surface area (Å²) >= 11 is 0. The van der Waals surface area contributed by atoms with Gasteiger partial charge in [0.05, 0.1) is 13.2 Å². The van der Waals surface area contributed by atoms with Crippen LogP contribution < -0.4 is 10.5 Å². The van der Waals surface area contributed by atoms with E-state index in [1.54, 1.807) is 0 Å². The van der Waals surface area contributed by atoms with Crippen molar-refractivity contribution in [3.63, 3.8) is 0 Å². The molecule has 0 saturated heterocycles. The van der Waals surface area contributed by atoms with Gasteiger partial charge in [-0.15, -0.1) is 0 Å². The summed E-state index contributed by atoms with van der Waals surface area (Å²) in [6.45, 7) is 6.80. The van der Waals surface area contributed by atoms with E-state index in [0.29, 0.717) is 25.7 Å². The lowest BCUT2D eigenvalue weighted by Gasteiger charge is -2.11. The summed E-state index contributed by atoms with van der Waals surface area (Å²) in [5, 5.41) is 0. The highest BCUT2D eigenvalue weighted by molar-refractivity contribution is 5.38. The first-order valence-electron chi connectivity index (χ1n) is 7.25. The molecule has 0 amide bonds. The Morgan fingerprint density at radius 3 is 2.60 bits per heavy atom. The summed E-state index contributed by atoms with van der Waals surface area (Å²) in [6, 6.07) is 7.70. The van der Waals surface area contributed by atoms with Crippen molar-refractivity contribution in [2.75, 3.05) is 26.4 Å². The normalized spacial score (nSPS) is 11.6. The summed E-state index contributed by atoms with van der Waals surface area (Å²) in [7, 11) is 0. The molecule has 0 aliphatic rings. The average molecular weight is 275 g/mol. The molecule has 0 bridgehead atoms. The van der Waals surface area contributed by atoms with Crippen LogP contribution in [0.3, 0.4) is 0 Å². The highest BCUT2D eigenvalue weighted by atomic mass is 16.5.